The van der Waals surface area contributed by atoms with Crippen LogP contribution in [0.3, 0.4) is 0 Å². The third kappa shape index (κ3) is 4.47. The summed E-state index contributed by atoms with van der Waals surface area (Å²) in [6.07, 6.45) is 6.36. The molecule has 1 saturated heterocycles. The molecule has 7 heteroatoms. The zero-order chi connectivity index (χ0) is 20.4. The first-order valence-corrected chi connectivity index (χ1v) is 11.9. The lowest BCUT2D eigenvalue weighted by molar-refractivity contribution is 0.222. The van der Waals surface area contributed by atoms with Crippen LogP contribution in [0.15, 0.2) is 41.4 Å². The van der Waals surface area contributed by atoms with E-state index in [1.165, 1.54) is 42.1 Å². The Hall–Kier alpha value is -1.96. The molecular formula is C22H30N4O2S. The third-order valence-electron chi connectivity index (χ3n) is 6.07. The highest BCUT2D eigenvalue weighted by atomic mass is 32.2. The molecule has 0 saturated carbocycles. The van der Waals surface area contributed by atoms with Gasteiger partial charge in [0.05, 0.1) is 0 Å². The summed E-state index contributed by atoms with van der Waals surface area (Å²) in [7, 11) is -1.47. The van der Waals surface area contributed by atoms with Crippen LogP contribution < -0.4 is 5.32 Å². The number of benzene rings is 1. The maximum Gasteiger partial charge on any atom is 0.244 e. The number of nitrogens with one attached hydrogen (secondary N) is 1. The van der Waals surface area contributed by atoms with Crippen LogP contribution in [-0.2, 0) is 22.9 Å². The fourth-order valence-electron chi connectivity index (χ4n) is 4.12. The summed E-state index contributed by atoms with van der Waals surface area (Å²) in [6, 6.07) is 10.3. The molecule has 2 aliphatic rings. The minimum atomic E-state index is -3.48. The maximum absolute atomic E-state index is 12.8. The Morgan fingerprint density at radius 1 is 1.00 bits per heavy atom. The minimum absolute atomic E-state index is 0.106. The summed E-state index contributed by atoms with van der Waals surface area (Å²) < 4.78 is 27.2. The van der Waals surface area contributed by atoms with Crippen LogP contribution >= 0.6 is 0 Å². The highest BCUT2D eigenvalue weighted by Gasteiger charge is 2.27. The van der Waals surface area contributed by atoms with Crippen LogP contribution in [0.25, 0.3) is 0 Å². The van der Waals surface area contributed by atoms with E-state index < -0.39 is 10.0 Å². The predicted molar refractivity (Wildman–Crippen MR) is 116 cm³/mol. The Labute approximate surface area is 174 Å². The van der Waals surface area contributed by atoms with Gasteiger partial charge in [-0.3, -0.25) is 0 Å². The molecule has 1 aromatic heterocycles. The second kappa shape index (κ2) is 8.42. The van der Waals surface area contributed by atoms with Crippen LogP contribution in [-0.4, -0.2) is 55.8 Å². The number of fused-ring (bicyclic) bond motifs is 1. The smallest absolute Gasteiger partial charge is 0.244 e. The third-order valence-corrected chi connectivity index (χ3v) is 7.96. The summed E-state index contributed by atoms with van der Waals surface area (Å²) in [5.74, 6) is 0.688. The average Bonchev–Trinajstić information content (AvgIpc) is 2.74. The molecule has 2 aromatic rings. The Bertz CT molecular complexity index is 951. The molecule has 1 aromatic carbocycles. The number of sulfonamides is 1. The first-order chi connectivity index (χ1) is 13.9. The number of aryl methyl sites for hydroxylation is 2. The molecule has 1 fully saturated rings. The molecule has 0 radical (unpaired) electrons. The molecule has 2 heterocycles. The molecule has 0 bridgehead atoms. The standard InChI is InChI=1S/C22H30N4O2S/c1-17(19-8-7-18-5-3-4-6-20(18)15-19)24-22-10-9-21(16-23-22)29(27,28)26-13-11-25(2)12-14-26/h7-10,15-17H,3-6,11-14H2,1-2H3,(H,23,24). The molecule has 1 N–H and O–H groups in total. The van der Waals surface area contributed by atoms with Crippen molar-refractivity contribution in [2.45, 2.75) is 43.5 Å². The number of anilines is 1. The van der Waals surface area contributed by atoms with E-state index >= 15 is 0 Å². The van der Waals surface area contributed by atoms with Gasteiger partial charge in [0.15, 0.2) is 0 Å². The normalized spacial score (nSPS) is 19.5. The van der Waals surface area contributed by atoms with E-state index in [-0.39, 0.29) is 10.9 Å². The second-order valence-corrected chi connectivity index (χ2v) is 10.1. The van der Waals surface area contributed by atoms with Crippen molar-refractivity contribution in [1.29, 1.82) is 0 Å². The summed E-state index contributed by atoms with van der Waals surface area (Å²) in [5, 5.41) is 3.40. The highest BCUT2D eigenvalue weighted by Crippen LogP contribution is 2.26. The van der Waals surface area contributed by atoms with Gasteiger partial charge in [-0.15, -0.1) is 0 Å². The SMILES string of the molecule is CC(Nc1ccc(S(=O)(=O)N2CCN(C)CC2)cn1)c1ccc2c(c1)CCCC2. The van der Waals surface area contributed by atoms with E-state index in [1.807, 2.05) is 7.05 Å². The van der Waals surface area contributed by atoms with Gasteiger partial charge in [0, 0.05) is 38.4 Å². The second-order valence-electron chi connectivity index (χ2n) is 8.19. The van der Waals surface area contributed by atoms with Crippen LogP contribution in [0.5, 0.6) is 0 Å². The molecular weight excluding hydrogens is 384 g/mol. The highest BCUT2D eigenvalue weighted by molar-refractivity contribution is 7.89. The van der Waals surface area contributed by atoms with Gasteiger partial charge in [0.1, 0.15) is 10.7 Å². The van der Waals surface area contributed by atoms with Crippen molar-refractivity contribution in [2.24, 2.45) is 0 Å². The van der Waals surface area contributed by atoms with Crippen molar-refractivity contribution in [1.82, 2.24) is 14.2 Å². The lowest BCUT2D eigenvalue weighted by Crippen LogP contribution is -2.47. The molecule has 4 rings (SSSR count). The van der Waals surface area contributed by atoms with Gasteiger partial charge >= 0.3 is 0 Å². The molecule has 1 atom stereocenters. The van der Waals surface area contributed by atoms with Crippen molar-refractivity contribution < 1.29 is 8.42 Å². The van der Waals surface area contributed by atoms with Gasteiger partial charge in [-0.1, -0.05) is 18.2 Å². The van der Waals surface area contributed by atoms with E-state index in [0.717, 1.165) is 19.5 Å². The van der Waals surface area contributed by atoms with Crippen LogP contribution in [0.4, 0.5) is 5.82 Å². The Balaban J connectivity index is 1.44. The van der Waals surface area contributed by atoms with Gasteiger partial charge in [-0.2, -0.15) is 4.31 Å². The zero-order valence-electron chi connectivity index (χ0n) is 17.3. The Kier molecular flexibility index (Phi) is 5.90. The molecule has 156 valence electrons. The minimum Gasteiger partial charge on any atom is -0.364 e. The number of rotatable bonds is 5. The van der Waals surface area contributed by atoms with Gasteiger partial charge in [-0.25, -0.2) is 13.4 Å². The monoisotopic (exact) mass is 414 g/mol. The van der Waals surface area contributed by atoms with Gasteiger partial charge in [0.25, 0.3) is 0 Å². The number of nitrogens with zero attached hydrogens (tertiary/aromatic N) is 3. The van der Waals surface area contributed by atoms with Gasteiger partial charge in [0.2, 0.25) is 10.0 Å². The van der Waals surface area contributed by atoms with Crippen LogP contribution in [0, 0.1) is 0 Å². The average molecular weight is 415 g/mol. The molecule has 1 unspecified atom stereocenters. The fourth-order valence-corrected chi connectivity index (χ4v) is 5.49. The number of hydrogen-bond acceptors (Lipinski definition) is 5. The van der Waals surface area contributed by atoms with Crippen molar-refractivity contribution in [3.8, 4) is 0 Å². The van der Waals surface area contributed by atoms with Gasteiger partial charge in [-0.05, 0) is 68.5 Å². The number of piperazine rings is 1. The topological polar surface area (TPSA) is 65.5 Å². The van der Waals surface area contributed by atoms with Crippen molar-refractivity contribution in [2.75, 3.05) is 38.5 Å². The van der Waals surface area contributed by atoms with E-state index in [2.05, 4.69) is 40.3 Å². The molecule has 29 heavy (non-hydrogen) atoms. The van der Waals surface area contributed by atoms with Crippen molar-refractivity contribution in [3.05, 3.63) is 53.2 Å². The first kappa shape index (κ1) is 20.3. The van der Waals surface area contributed by atoms with Crippen LogP contribution in [0.1, 0.15) is 42.5 Å². The van der Waals surface area contributed by atoms with E-state index in [1.54, 1.807) is 16.4 Å². The lowest BCUT2D eigenvalue weighted by atomic mass is 9.89. The zero-order valence-corrected chi connectivity index (χ0v) is 18.1. The van der Waals surface area contributed by atoms with E-state index in [4.69, 9.17) is 0 Å². The number of pyridine rings is 1. The quantitative estimate of drug-likeness (QED) is 0.815. The van der Waals surface area contributed by atoms with Crippen molar-refractivity contribution >= 4 is 15.8 Å². The number of hydrogen-bond donors (Lipinski definition) is 1. The van der Waals surface area contributed by atoms with E-state index in [0.29, 0.717) is 18.9 Å². The van der Waals surface area contributed by atoms with Crippen molar-refractivity contribution in [3.63, 3.8) is 0 Å². The summed E-state index contributed by atoms with van der Waals surface area (Å²) >= 11 is 0. The molecule has 6 nitrogen and oxygen atoms in total. The lowest BCUT2D eigenvalue weighted by Gasteiger charge is -2.31. The predicted octanol–water partition coefficient (Wildman–Crippen LogP) is 3.07. The maximum atomic E-state index is 12.8. The first-order valence-electron chi connectivity index (χ1n) is 10.5. The molecule has 0 amide bonds. The summed E-state index contributed by atoms with van der Waals surface area (Å²) in [5.41, 5.74) is 4.18. The van der Waals surface area contributed by atoms with Crippen LogP contribution in [0.2, 0.25) is 0 Å². The molecule has 1 aliphatic carbocycles. The number of likely N-dealkylation sites (N-methyl/N-ethyl adjacent to an activating group) is 1. The van der Waals surface area contributed by atoms with E-state index in [9.17, 15) is 8.42 Å². The summed E-state index contributed by atoms with van der Waals surface area (Å²) in [4.78, 5) is 6.78. The summed E-state index contributed by atoms with van der Waals surface area (Å²) in [6.45, 7) is 4.67. The number of aromatic nitrogens is 1. The molecule has 0 spiro atoms. The fraction of sp³-hybridized carbons (Fsp3) is 0.500. The Morgan fingerprint density at radius 3 is 2.41 bits per heavy atom. The van der Waals surface area contributed by atoms with Gasteiger partial charge < -0.3 is 10.2 Å². The Morgan fingerprint density at radius 2 is 1.72 bits per heavy atom. The largest absolute Gasteiger partial charge is 0.364 e. The molecule has 1 aliphatic heterocycles.